The molecule has 1 saturated heterocycles. The van der Waals surface area contributed by atoms with Crippen LogP contribution in [0.3, 0.4) is 0 Å². The van der Waals surface area contributed by atoms with E-state index < -0.39 is 42.3 Å². The van der Waals surface area contributed by atoms with Crippen molar-refractivity contribution >= 4 is 11.9 Å². The van der Waals surface area contributed by atoms with Crippen molar-refractivity contribution in [2.45, 2.75) is 24.6 Å². The second-order valence-corrected chi connectivity index (χ2v) is 3.89. The van der Waals surface area contributed by atoms with Crippen molar-refractivity contribution in [3.63, 3.8) is 0 Å². The molecule has 0 unspecified atom stereocenters. The molecule has 0 aromatic heterocycles. The Balaban J connectivity index is 0.00000324. The predicted molar refractivity (Wildman–Crippen MR) is 47.9 cm³/mol. The highest BCUT2D eigenvalue weighted by Gasteiger charge is 2.48. The van der Waals surface area contributed by atoms with Gasteiger partial charge in [-0.25, -0.2) is 0 Å². The molecule has 0 bridgehead atoms. The maximum absolute atomic E-state index is 12.0. The van der Waals surface area contributed by atoms with E-state index in [4.69, 9.17) is 5.11 Å². The number of piperidine rings is 1. The highest BCUT2D eigenvalue weighted by Crippen LogP contribution is 2.16. The Morgan fingerprint density at radius 2 is 1.74 bits per heavy atom. The molecule has 0 aromatic rings. The Morgan fingerprint density at radius 1 is 1.21 bits per heavy atom. The molecule has 1 fully saturated rings. The van der Waals surface area contributed by atoms with Crippen molar-refractivity contribution < 1.29 is 55.8 Å². The lowest BCUT2D eigenvalue weighted by Gasteiger charge is -2.33. The monoisotopic (exact) mass is 308 g/mol. The fourth-order valence-electron chi connectivity index (χ4n) is 1.65. The Bertz CT molecular complexity index is 354. The molecule has 11 heteroatoms. The quantitative estimate of drug-likeness (QED) is 0.347. The van der Waals surface area contributed by atoms with Gasteiger partial charge in [-0.2, -0.15) is 13.2 Å². The fourth-order valence-corrected chi connectivity index (χ4v) is 1.65. The van der Waals surface area contributed by atoms with E-state index in [-0.39, 0.29) is 19.0 Å². The van der Waals surface area contributed by atoms with Crippen LogP contribution in [-0.4, -0.2) is 58.3 Å². The Morgan fingerprint density at radius 3 is 2.16 bits per heavy atom. The number of carbonyl (C=O) groups excluding carboxylic acids is 1. The molecule has 4 atom stereocenters. The molecule has 1 heterocycles. The first kappa shape index (κ1) is 17.9. The van der Waals surface area contributed by atoms with Gasteiger partial charge < -0.3 is 33.0 Å². The van der Waals surface area contributed by atoms with E-state index in [1.807, 2.05) is 0 Å². The van der Waals surface area contributed by atoms with Gasteiger partial charge in [0, 0.05) is 0 Å². The van der Waals surface area contributed by atoms with E-state index in [2.05, 4.69) is 0 Å². The van der Waals surface area contributed by atoms with Crippen molar-refractivity contribution in [1.29, 1.82) is 0 Å². The average molecular weight is 309 g/mol. The number of nitrogens with two attached hydrogens (primary N) is 1. The van der Waals surface area contributed by atoms with Gasteiger partial charge in [-0.05, 0) is 0 Å². The van der Waals surface area contributed by atoms with Gasteiger partial charge in [0.05, 0.1) is 6.54 Å². The number of carboxylic acid groups (broad SMARTS) is 1. The fraction of sp³-hybridized carbons (Fsp3) is 0.750. The van der Waals surface area contributed by atoms with Crippen LogP contribution in [0.2, 0.25) is 0 Å². The summed E-state index contributed by atoms with van der Waals surface area (Å²) in [5.74, 6) is -4.94. The van der Waals surface area contributed by atoms with Crippen LogP contribution in [0.1, 0.15) is 0 Å². The van der Waals surface area contributed by atoms with Crippen LogP contribution in [0.4, 0.5) is 13.2 Å². The van der Waals surface area contributed by atoms with Gasteiger partial charge in [-0.15, -0.1) is 0 Å². The van der Waals surface area contributed by atoms with Crippen LogP contribution in [0.5, 0.6) is 0 Å². The molecule has 1 amide bonds. The molecule has 0 radical (unpaired) electrons. The number of amides is 1. The summed E-state index contributed by atoms with van der Waals surface area (Å²) in [7, 11) is 0. The maximum Gasteiger partial charge on any atom is 0.471 e. The van der Waals surface area contributed by atoms with Crippen molar-refractivity contribution in [3.8, 4) is 0 Å². The van der Waals surface area contributed by atoms with Gasteiger partial charge >= 0.3 is 18.1 Å². The summed E-state index contributed by atoms with van der Waals surface area (Å²) in [6.45, 7) is -0.254. The Hall–Kier alpha value is -1.10. The smallest absolute Gasteiger partial charge is 0.471 e. The topological polar surface area (TPSA) is 123 Å². The Labute approximate surface area is 111 Å². The van der Waals surface area contributed by atoms with Crippen molar-refractivity contribution in [3.05, 3.63) is 0 Å². The number of quaternary nitrogens is 1. The lowest BCUT2D eigenvalue weighted by molar-refractivity contribution is -0.716. The summed E-state index contributed by atoms with van der Waals surface area (Å²) in [5, 5.41) is 30.0. The molecule has 1 aliphatic rings. The van der Waals surface area contributed by atoms with Crippen LogP contribution in [0, 0.1) is 5.92 Å². The summed E-state index contributed by atoms with van der Waals surface area (Å²) in [5.41, 5.74) is 0. The zero-order valence-electron chi connectivity index (χ0n) is 9.26. The first-order valence-corrected chi connectivity index (χ1v) is 4.94. The van der Waals surface area contributed by atoms with Crippen molar-refractivity contribution in [2.75, 3.05) is 6.54 Å². The lowest BCUT2D eigenvalue weighted by atomic mass is 9.92. The third-order valence-corrected chi connectivity index (χ3v) is 2.65. The van der Waals surface area contributed by atoms with Gasteiger partial charge in [-0.3, -0.25) is 14.9 Å². The van der Waals surface area contributed by atoms with Crippen molar-refractivity contribution in [2.24, 2.45) is 5.92 Å². The minimum atomic E-state index is -5.11. The molecule has 0 saturated carbocycles. The lowest BCUT2D eigenvalue weighted by Crippen LogP contribution is -3.01. The SMILES string of the molecule is O=C(O)[C@@H]1C[NH2+][C@H](NC(=O)C(F)(F)F)[C@@H](O)[C@@H]1O.[Cl-]. The zero-order chi connectivity index (χ0) is 14.1. The second-order valence-electron chi connectivity index (χ2n) is 3.89. The van der Waals surface area contributed by atoms with Gasteiger partial charge in [-0.1, -0.05) is 0 Å². The number of aliphatic hydroxyl groups excluding tert-OH is 2. The van der Waals surface area contributed by atoms with Crippen LogP contribution >= 0.6 is 0 Å². The minimum absolute atomic E-state index is 0. The van der Waals surface area contributed by atoms with Gasteiger partial charge in [0.2, 0.25) is 0 Å². The number of halogens is 4. The van der Waals surface area contributed by atoms with E-state index in [9.17, 15) is 33.0 Å². The third-order valence-electron chi connectivity index (χ3n) is 2.65. The van der Waals surface area contributed by atoms with Crippen LogP contribution in [0.25, 0.3) is 0 Å². The highest BCUT2D eigenvalue weighted by atomic mass is 35.5. The summed E-state index contributed by atoms with van der Waals surface area (Å²) >= 11 is 0. The van der Waals surface area contributed by atoms with Crippen molar-refractivity contribution in [1.82, 2.24) is 5.32 Å². The number of aliphatic carboxylic acids is 1. The number of rotatable bonds is 2. The van der Waals surface area contributed by atoms with Crippen LogP contribution < -0.4 is 23.0 Å². The van der Waals surface area contributed by atoms with Gasteiger partial charge in [0.1, 0.15) is 12.0 Å². The van der Waals surface area contributed by atoms with Gasteiger partial charge in [0.15, 0.2) is 12.3 Å². The number of alkyl halides is 3. The summed E-state index contributed by atoms with van der Waals surface area (Å²) in [6.07, 6.45) is -10.1. The first-order chi connectivity index (χ1) is 8.14. The normalized spacial score (nSPS) is 31.2. The molecule has 0 aromatic carbocycles. The third kappa shape index (κ3) is 4.20. The first-order valence-electron chi connectivity index (χ1n) is 4.94. The number of carboxylic acids is 1. The number of nitrogens with one attached hydrogen (secondary N) is 1. The molecular weight excluding hydrogens is 297 g/mol. The largest absolute Gasteiger partial charge is 1.00 e. The van der Waals surface area contributed by atoms with E-state index in [0.717, 1.165) is 5.32 Å². The number of carbonyl (C=O) groups is 2. The maximum atomic E-state index is 12.0. The average Bonchev–Trinajstić information content (AvgIpc) is 2.22. The second kappa shape index (κ2) is 6.37. The molecular formula is C8H12ClF3N2O5. The molecule has 6 N–H and O–H groups in total. The number of hydrogen-bond donors (Lipinski definition) is 5. The molecule has 19 heavy (non-hydrogen) atoms. The van der Waals surface area contributed by atoms with Crippen LogP contribution in [-0.2, 0) is 9.59 Å². The predicted octanol–water partition coefficient (Wildman–Crippen LogP) is -6.01. The number of hydrogen-bond acceptors (Lipinski definition) is 4. The van der Waals surface area contributed by atoms with E-state index >= 15 is 0 Å². The number of aliphatic hydroxyl groups is 2. The zero-order valence-corrected chi connectivity index (χ0v) is 10.0. The summed E-state index contributed by atoms with van der Waals surface area (Å²) < 4.78 is 35.9. The van der Waals surface area contributed by atoms with Crippen LogP contribution in [0.15, 0.2) is 0 Å². The Kier molecular flexibility index (Phi) is 6.00. The summed E-state index contributed by atoms with van der Waals surface area (Å²) in [6, 6.07) is 0. The van der Waals surface area contributed by atoms with E-state index in [1.165, 1.54) is 5.32 Å². The summed E-state index contributed by atoms with van der Waals surface area (Å²) in [4.78, 5) is 21.3. The van der Waals surface area contributed by atoms with E-state index in [0.29, 0.717) is 0 Å². The molecule has 112 valence electrons. The highest BCUT2D eigenvalue weighted by molar-refractivity contribution is 5.81. The van der Waals surface area contributed by atoms with Gasteiger partial charge in [0.25, 0.3) is 0 Å². The molecule has 7 nitrogen and oxygen atoms in total. The molecule has 1 rings (SSSR count). The standard InChI is InChI=1S/C8H11F3N2O5.ClH/c9-8(10,11)7(18)13-5-4(15)3(14)2(1-12-5)6(16)17;/h2-5,12,14-15H,1H2,(H,13,18)(H,16,17);1H/t2-,3-,4+,5-;/m1./s1. The minimum Gasteiger partial charge on any atom is -1.00 e. The molecule has 0 aliphatic carbocycles. The van der Waals surface area contributed by atoms with E-state index in [1.54, 1.807) is 0 Å². The molecule has 0 spiro atoms. The molecule has 1 aliphatic heterocycles.